The molecule has 0 aromatic heterocycles. The summed E-state index contributed by atoms with van der Waals surface area (Å²) in [7, 11) is 0. The molecule has 2 aliphatic rings. The summed E-state index contributed by atoms with van der Waals surface area (Å²) in [5.74, 6) is 0.797. The molecule has 0 spiro atoms. The second-order valence-corrected chi connectivity index (χ2v) is 4.21. The van der Waals surface area contributed by atoms with Gasteiger partial charge in [0.1, 0.15) is 0 Å². The Hall–Kier alpha value is -0.500. The normalized spacial score (nSPS) is 27.2. The molecule has 1 aliphatic carbocycles. The van der Waals surface area contributed by atoms with Gasteiger partial charge in [0.25, 0.3) is 0 Å². The molecule has 13 heavy (non-hydrogen) atoms. The Morgan fingerprint density at radius 2 is 2.31 bits per heavy atom. The molecule has 1 atom stereocenters. The molecule has 0 radical (unpaired) electrons. The van der Waals surface area contributed by atoms with Crippen molar-refractivity contribution in [2.45, 2.75) is 32.2 Å². The first-order valence-electron chi connectivity index (χ1n) is 5.54. The summed E-state index contributed by atoms with van der Waals surface area (Å²) in [5, 5.41) is 3.56. The van der Waals surface area contributed by atoms with E-state index in [0.29, 0.717) is 0 Å². The number of nitrogens with zero attached hydrogens (tertiary/aromatic N) is 1. The van der Waals surface area contributed by atoms with Gasteiger partial charge in [-0.1, -0.05) is 6.08 Å². The predicted molar refractivity (Wildman–Crippen MR) is 55.5 cm³/mol. The summed E-state index contributed by atoms with van der Waals surface area (Å²) in [4.78, 5) is 2.39. The zero-order valence-electron chi connectivity index (χ0n) is 8.50. The van der Waals surface area contributed by atoms with Crippen molar-refractivity contribution in [2.24, 2.45) is 5.92 Å². The van der Waals surface area contributed by atoms with E-state index in [1.165, 1.54) is 32.4 Å². The summed E-state index contributed by atoms with van der Waals surface area (Å²) in [5.41, 5.74) is 0. The van der Waals surface area contributed by atoms with Gasteiger partial charge in [-0.3, -0.25) is 0 Å². The molecule has 0 bridgehead atoms. The lowest BCUT2D eigenvalue weighted by Gasteiger charge is -2.15. The van der Waals surface area contributed by atoms with E-state index in [9.17, 15) is 0 Å². The van der Waals surface area contributed by atoms with Crippen molar-refractivity contribution in [1.82, 2.24) is 10.2 Å². The maximum atomic E-state index is 3.56. The number of hydrogen-bond donors (Lipinski definition) is 1. The maximum Gasteiger partial charge on any atom is 0.0236 e. The van der Waals surface area contributed by atoms with Crippen LogP contribution < -0.4 is 5.32 Å². The topological polar surface area (TPSA) is 15.3 Å². The van der Waals surface area contributed by atoms with Crippen molar-refractivity contribution >= 4 is 0 Å². The first-order chi connectivity index (χ1) is 6.38. The molecule has 0 aromatic carbocycles. The molecule has 1 fully saturated rings. The fourth-order valence-electron chi connectivity index (χ4n) is 1.85. The molecule has 74 valence electrons. The van der Waals surface area contributed by atoms with Crippen molar-refractivity contribution < 1.29 is 0 Å². The number of hydrogen-bond acceptors (Lipinski definition) is 2. The molecule has 0 aromatic rings. The third kappa shape index (κ3) is 2.73. The maximum absolute atomic E-state index is 3.56. The highest BCUT2D eigenvalue weighted by molar-refractivity contribution is 4.97. The van der Waals surface area contributed by atoms with Gasteiger partial charge in [0.05, 0.1) is 0 Å². The Bertz CT molecular complexity index is 185. The smallest absolute Gasteiger partial charge is 0.0236 e. The second kappa shape index (κ2) is 4.14. The molecule has 0 saturated heterocycles. The molecule has 0 amide bonds. The molecular weight excluding hydrogens is 160 g/mol. The van der Waals surface area contributed by atoms with Gasteiger partial charge in [-0.15, -0.1) is 0 Å². The van der Waals surface area contributed by atoms with E-state index >= 15 is 0 Å². The second-order valence-electron chi connectivity index (χ2n) is 4.21. The van der Waals surface area contributed by atoms with Gasteiger partial charge in [-0.05, 0) is 44.8 Å². The van der Waals surface area contributed by atoms with E-state index in [0.717, 1.165) is 18.5 Å². The van der Waals surface area contributed by atoms with E-state index in [2.05, 4.69) is 29.4 Å². The summed E-state index contributed by atoms with van der Waals surface area (Å²) in [6, 6.07) is 0.868. The van der Waals surface area contributed by atoms with Crippen LogP contribution in [-0.4, -0.2) is 30.6 Å². The van der Waals surface area contributed by atoms with Crippen LogP contribution in [-0.2, 0) is 0 Å². The van der Waals surface area contributed by atoms with Gasteiger partial charge < -0.3 is 10.2 Å². The van der Waals surface area contributed by atoms with E-state index in [4.69, 9.17) is 0 Å². The highest BCUT2D eigenvalue weighted by Gasteiger charge is 2.21. The zero-order valence-corrected chi connectivity index (χ0v) is 8.50. The molecule has 2 heteroatoms. The van der Waals surface area contributed by atoms with Crippen LogP contribution in [0.1, 0.15) is 26.2 Å². The van der Waals surface area contributed by atoms with Gasteiger partial charge in [0.15, 0.2) is 0 Å². The van der Waals surface area contributed by atoms with Gasteiger partial charge >= 0.3 is 0 Å². The van der Waals surface area contributed by atoms with Crippen molar-refractivity contribution in [3.05, 3.63) is 12.3 Å². The SMILES string of the molecule is CCN1C=CC(CCNC2CC2)C1. The highest BCUT2D eigenvalue weighted by Crippen LogP contribution is 2.20. The van der Waals surface area contributed by atoms with E-state index < -0.39 is 0 Å². The Labute approximate surface area is 81.0 Å². The molecule has 1 unspecified atom stereocenters. The van der Waals surface area contributed by atoms with Crippen molar-refractivity contribution in [3.63, 3.8) is 0 Å². The van der Waals surface area contributed by atoms with Crippen LogP contribution in [0.5, 0.6) is 0 Å². The molecule has 1 aliphatic heterocycles. The fourth-order valence-corrected chi connectivity index (χ4v) is 1.85. The molecule has 1 N–H and O–H groups in total. The molecule has 1 saturated carbocycles. The monoisotopic (exact) mass is 180 g/mol. The minimum atomic E-state index is 0.797. The predicted octanol–water partition coefficient (Wildman–Crippen LogP) is 1.59. The number of nitrogens with one attached hydrogen (secondary N) is 1. The summed E-state index contributed by atoms with van der Waals surface area (Å²) >= 11 is 0. The quantitative estimate of drug-likeness (QED) is 0.691. The van der Waals surface area contributed by atoms with Crippen LogP contribution in [0.2, 0.25) is 0 Å². The van der Waals surface area contributed by atoms with Gasteiger partial charge in [-0.25, -0.2) is 0 Å². The lowest BCUT2D eigenvalue weighted by atomic mass is 10.1. The van der Waals surface area contributed by atoms with Gasteiger partial charge in [-0.2, -0.15) is 0 Å². The average Bonchev–Trinajstić information content (AvgIpc) is 2.84. The Morgan fingerprint density at radius 3 is 2.92 bits per heavy atom. The lowest BCUT2D eigenvalue weighted by molar-refractivity contribution is 0.374. The highest BCUT2D eigenvalue weighted by atomic mass is 15.1. The minimum Gasteiger partial charge on any atom is -0.377 e. The molecule has 2 nitrogen and oxygen atoms in total. The van der Waals surface area contributed by atoms with E-state index in [1.54, 1.807) is 0 Å². The van der Waals surface area contributed by atoms with Crippen LogP contribution in [0.25, 0.3) is 0 Å². The molecule has 2 rings (SSSR count). The Kier molecular flexibility index (Phi) is 2.89. The van der Waals surface area contributed by atoms with E-state index in [-0.39, 0.29) is 0 Å². The summed E-state index contributed by atoms with van der Waals surface area (Å²) in [6.07, 6.45) is 8.73. The van der Waals surface area contributed by atoms with Crippen molar-refractivity contribution in [2.75, 3.05) is 19.6 Å². The van der Waals surface area contributed by atoms with Gasteiger partial charge in [0, 0.05) is 19.1 Å². The minimum absolute atomic E-state index is 0.797. The number of rotatable bonds is 5. The van der Waals surface area contributed by atoms with Crippen LogP contribution in [0, 0.1) is 5.92 Å². The van der Waals surface area contributed by atoms with Gasteiger partial charge in [0.2, 0.25) is 0 Å². The lowest BCUT2D eigenvalue weighted by Crippen LogP contribution is -2.23. The Balaban J connectivity index is 1.57. The van der Waals surface area contributed by atoms with Crippen LogP contribution >= 0.6 is 0 Å². The van der Waals surface area contributed by atoms with Crippen LogP contribution in [0.4, 0.5) is 0 Å². The summed E-state index contributed by atoms with van der Waals surface area (Å²) in [6.45, 7) is 5.82. The largest absolute Gasteiger partial charge is 0.377 e. The first kappa shape index (κ1) is 9.07. The first-order valence-corrected chi connectivity index (χ1v) is 5.54. The van der Waals surface area contributed by atoms with Crippen LogP contribution in [0.3, 0.4) is 0 Å². The third-order valence-corrected chi connectivity index (χ3v) is 2.97. The standard InChI is InChI=1S/C11H20N2/c1-2-13-8-6-10(9-13)5-7-12-11-3-4-11/h6,8,10-12H,2-5,7,9H2,1H3. The van der Waals surface area contributed by atoms with Crippen molar-refractivity contribution in [1.29, 1.82) is 0 Å². The summed E-state index contributed by atoms with van der Waals surface area (Å²) < 4.78 is 0. The van der Waals surface area contributed by atoms with Crippen molar-refractivity contribution in [3.8, 4) is 0 Å². The Morgan fingerprint density at radius 1 is 1.46 bits per heavy atom. The third-order valence-electron chi connectivity index (χ3n) is 2.97. The molecular formula is C11H20N2. The average molecular weight is 180 g/mol. The zero-order chi connectivity index (χ0) is 9.10. The fraction of sp³-hybridized carbons (Fsp3) is 0.818. The molecule has 1 heterocycles. The van der Waals surface area contributed by atoms with Crippen LogP contribution in [0.15, 0.2) is 12.3 Å². The van der Waals surface area contributed by atoms with E-state index in [1.807, 2.05) is 0 Å².